The van der Waals surface area contributed by atoms with Gasteiger partial charge in [0.15, 0.2) is 0 Å². The molecule has 12 heavy (non-hydrogen) atoms. The Balaban J connectivity index is 3.98. The molecule has 0 aliphatic heterocycles. The molecule has 0 heterocycles. The van der Waals surface area contributed by atoms with Crippen molar-refractivity contribution < 1.29 is 5.11 Å². The highest BCUT2D eigenvalue weighted by molar-refractivity contribution is 4.78. The van der Waals surface area contributed by atoms with Gasteiger partial charge in [-0.3, -0.25) is 0 Å². The number of aliphatic hydroxyl groups is 1. The molecular weight excluding hydrogens is 148 g/mol. The van der Waals surface area contributed by atoms with Crippen molar-refractivity contribution in [3.05, 3.63) is 0 Å². The highest BCUT2D eigenvalue weighted by Crippen LogP contribution is 2.26. The van der Waals surface area contributed by atoms with Crippen LogP contribution >= 0.6 is 0 Å². The second kappa shape index (κ2) is 5.58. The minimum Gasteiger partial charge on any atom is -0.390 e. The van der Waals surface area contributed by atoms with E-state index in [1.54, 1.807) is 0 Å². The summed E-state index contributed by atoms with van der Waals surface area (Å²) >= 11 is 0. The highest BCUT2D eigenvalue weighted by atomic mass is 16.3. The van der Waals surface area contributed by atoms with Crippen LogP contribution < -0.4 is 0 Å². The Labute approximate surface area is 77.2 Å². The lowest BCUT2D eigenvalue weighted by molar-refractivity contribution is 0.00195. The topological polar surface area (TPSA) is 20.2 Å². The summed E-state index contributed by atoms with van der Waals surface area (Å²) in [6.07, 6.45) is 5.04. The molecule has 0 fully saturated rings. The van der Waals surface area contributed by atoms with Gasteiger partial charge in [0.2, 0.25) is 0 Å². The minimum atomic E-state index is -0.377. The largest absolute Gasteiger partial charge is 0.390 e. The third kappa shape index (κ3) is 4.76. The predicted molar refractivity (Wildman–Crippen MR) is 54.2 cm³/mol. The lowest BCUT2D eigenvalue weighted by Gasteiger charge is -2.29. The van der Waals surface area contributed by atoms with Crippen LogP contribution in [0.5, 0.6) is 0 Å². The van der Waals surface area contributed by atoms with E-state index in [1.165, 1.54) is 0 Å². The van der Waals surface area contributed by atoms with Gasteiger partial charge < -0.3 is 5.11 Å². The SMILES string of the molecule is CCCC(O)(CCC)CC(C)C. The summed E-state index contributed by atoms with van der Waals surface area (Å²) in [5, 5.41) is 10.2. The molecule has 0 saturated heterocycles. The maximum atomic E-state index is 10.2. The molecule has 0 aromatic heterocycles. The third-order valence-corrected chi connectivity index (χ3v) is 2.22. The first-order valence-corrected chi connectivity index (χ1v) is 5.26. The van der Waals surface area contributed by atoms with Gasteiger partial charge in [-0.1, -0.05) is 40.5 Å². The summed E-state index contributed by atoms with van der Waals surface area (Å²) in [6, 6.07) is 0. The smallest absolute Gasteiger partial charge is 0.0650 e. The first kappa shape index (κ1) is 12.0. The highest BCUT2D eigenvalue weighted by Gasteiger charge is 2.25. The Morgan fingerprint density at radius 3 is 1.75 bits per heavy atom. The molecule has 0 aromatic rings. The Hall–Kier alpha value is -0.0400. The Morgan fingerprint density at radius 2 is 1.50 bits per heavy atom. The second-order valence-electron chi connectivity index (χ2n) is 4.32. The molecule has 0 saturated carbocycles. The van der Waals surface area contributed by atoms with E-state index in [1.807, 2.05) is 0 Å². The Kier molecular flexibility index (Phi) is 5.56. The van der Waals surface area contributed by atoms with Crippen LogP contribution in [0.1, 0.15) is 59.8 Å². The molecule has 1 nitrogen and oxygen atoms in total. The van der Waals surface area contributed by atoms with Gasteiger partial charge in [0, 0.05) is 0 Å². The maximum absolute atomic E-state index is 10.2. The summed E-state index contributed by atoms with van der Waals surface area (Å²) in [7, 11) is 0. The maximum Gasteiger partial charge on any atom is 0.0650 e. The molecule has 0 aliphatic rings. The van der Waals surface area contributed by atoms with Gasteiger partial charge >= 0.3 is 0 Å². The van der Waals surface area contributed by atoms with Gasteiger partial charge in [0.25, 0.3) is 0 Å². The molecular formula is C11H24O. The summed E-state index contributed by atoms with van der Waals surface area (Å²) in [4.78, 5) is 0. The van der Waals surface area contributed by atoms with Gasteiger partial charge in [0.1, 0.15) is 0 Å². The van der Waals surface area contributed by atoms with Gasteiger partial charge in [-0.25, -0.2) is 0 Å². The zero-order valence-corrected chi connectivity index (χ0v) is 9.06. The Bertz CT molecular complexity index is 102. The summed E-state index contributed by atoms with van der Waals surface area (Å²) < 4.78 is 0. The molecule has 0 rings (SSSR count). The van der Waals surface area contributed by atoms with Crippen molar-refractivity contribution in [2.75, 3.05) is 0 Å². The standard InChI is InChI=1S/C11H24O/c1-5-7-11(12,8-6-2)9-10(3)4/h10,12H,5-9H2,1-4H3. The molecule has 0 spiro atoms. The van der Waals surface area contributed by atoms with Crippen LogP contribution in [-0.2, 0) is 0 Å². The molecule has 0 amide bonds. The van der Waals surface area contributed by atoms with E-state index >= 15 is 0 Å². The molecule has 0 atom stereocenters. The monoisotopic (exact) mass is 172 g/mol. The van der Waals surface area contributed by atoms with Crippen molar-refractivity contribution >= 4 is 0 Å². The minimum absolute atomic E-state index is 0.377. The predicted octanol–water partition coefficient (Wildman–Crippen LogP) is 3.36. The zero-order valence-electron chi connectivity index (χ0n) is 9.06. The molecule has 74 valence electrons. The van der Waals surface area contributed by atoms with E-state index in [4.69, 9.17) is 0 Å². The number of rotatable bonds is 6. The van der Waals surface area contributed by atoms with Crippen LogP contribution in [0.25, 0.3) is 0 Å². The summed E-state index contributed by atoms with van der Waals surface area (Å²) in [5.41, 5.74) is -0.377. The van der Waals surface area contributed by atoms with Crippen molar-refractivity contribution in [2.45, 2.75) is 65.4 Å². The van der Waals surface area contributed by atoms with Gasteiger partial charge in [-0.05, 0) is 25.2 Å². The molecule has 0 bridgehead atoms. The summed E-state index contributed by atoms with van der Waals surface area (Å²) in [5.74, 6) is 0.605. The van der Waals surface area contributed by atoms with Crippen molar-refractivity contribution in [1.29, 1.82) is 0 Å². The van der Waals surface area contributed by atoms with Crippen molar-refractivity contribution in [3.63, 3.8) is 0 Å². The van der Waals surface area contributed by atoms with Gasteiger partial charge in [-0.15, -0.1) is 0 Å². The molecule has 0 unspecified atom stereocenters. The van der Waals surface area contributed by atoms with Crippen LogP contribution in [0.15, 0.2) is 0 Å². The lowest BCUT2D eigenvalue weighted by atomic mass is 9.85. The van der Waals surface area contributed by atoms with E-state index in [-0.39, 0.29) is 5.60 Å². The fourth-order valence-electron chi connectivity index (χ4n) is 2.02. The normalized spacial score (nSPS) is 12.5. The first-order valence-electron chi connectivity index (χ1n) is 5.26. The quantitative estimate of drug-likeness (QED) is 0.651. The molecule has 1 N–H and O–H groups in total. The van der Waals surface area contributed by atoms with E-state index < -0.39 is 0 Å². The Morgan fingerprint density at radius 1 is 1.08 bits per heavy atom. The zero-order chi connectivity index (χ0) is 9.61. The molecule has 0 radical (unpaired) electrons. The van der Waals surface area contributed by atoms with Crippen LogP contribution in [0.3, 0.4) is 0 Å². The van der Waals surface area contributed by atoms with Crippen LogP contribution in [0, 0.1) is 5.92 Å². The second-order valence-corrected chi connectivity index (χ2v) is 4.32. The third-order valence-electron chi connectivity index (χ3n) is 2.22. The molecule has 1 heteroatoms. The molecule has 0 aliphatic carbocycles. The van der Waals surface area contributed by atoms with Crippen LogP contribution in [0.4, 0.5) is 0 Å². The average molecular weight is 172 g/mol. The van der Waals surface area contributed by atoms with Crippen LogP contribution in [0.2, 0.25) is 0 Å². The fraction of sp³-hybridized carbons (Fsp3) is 1.00. The molecule has 0 aromatic carbocycles. The van der Waals surface area contributed by atoms with Crippen molar-refractivity contribution in [3.8, 4) is 0 Å². The van der Waals surface area contributed by atoms with E-state index in [0.717, 1.165) is 32.1 Å². The van der Waals surface area contributed by atoms with Crippen molar-refractivity contribution in [2.24, 2.45) is 5.92 Å². The van der Waals surface area contributed by atoms with Gasteiger partial charge in [-0.2, -0.15) is 0 Å². The summed E-state index contributed by atoms with van der Waals surface area (Å²) in [6.45, 7) is 8.63. The van der Waals surface area contributed by atoms with Crippen LogP contribution in [-0.4, -0.2) is 10.7 Å². The fourth-order valence-corrected chi connectivity index (χ4v) is 2.02. The number of hydrogen-bond acceptors (Lipinski definition) is 1. The lowest BCUT2D eigenvalue weighted by Crippen LogP contribution is -2.30. The van der Waals surface area contributed by atoms with Gasteiger partial charge in [0.05, 0.1) is 5.60 Å². The van der Waals surface area contributed by atoms with Crippen molar-refractivity contribution in [1.82, 2.24) is 0 Å². The first-order chi connectivity index (χ1) is 5.54. The average Bonchev–Trinajstić information content (AvgIpc) is 1.85. The van der Waals surface area contributed by atoms with E-state index in [9.17, 15) is 5.11 Å². The number of hydrogen-bond donors (Lipinski definition) is 1. The van der Waals surface area contributed by atoms with E-state index in [2.05, 4.69) is 27.7 Å². The van der Waals surface area contributed by atoms with E-state index in [0.29, 0.717) is 5.92 Å².